The molecule has 0 amide bonds. The predicted octanol–water partition coefficient (Wildman–Crippen LogP) is 2.71. The monoisotopic (exact) mass is 287 g/mol. The highest BCUT2D eigenvalue weighted by atomic mass is 16.3. The van der Waals surface area contributed by atoms with E-state index in [1.54, 1.807) is 0 Å². The van der Waals surface area contributed by atoms with Crippen LogP contribution in [0.3, 0.4) is 0 Å². The van der Waals surface area contributed by atoms with Crippen LogP contribution in [0.5, 0.6) is 0 Å². The molecule has 0 spiro atoms. The largest absolute Gasteiger partial charge is 0.395 e. The van der Waals surface area contributed by atoms with Gasteiger partial charge in [-0.05, 0) is 24.6 Å². The van der Waals surface area contributed by atoms with Crippen LogP contribution in [0.15, 0.2) is 42.7 Å². The summed E-state index contributed by atoms with van der Waals surface area (Å²) in [5, 5.41) is 14.0. The molecule has 21 heavy (non-hydrogen) atoms. The normalized spacial score (nSPS) is 13.6. The minimum Gasteiger partial charge on any atom is -0.395 e. The van der Waals surface area contributed by atoms with E-state index in [0.29, 0.717) is 0 Å². The first-order chi connectivity index (χ1) is 9.91. The summed E-state index contributed by atoms with van der Waals surface area (Å²) < 4.78 is 1.88. The molecule has 2 rings (SSSR count). The number of para-hydroxylation sites is 1. The van der Waals surface area contributed by atoms with Gasteiger partial charge in [0.1, 0.15) is 0 Å². The fourth-order valence-corrected chi connectivity index (χ4v) is 2.64. The first kappa shape index (κ1) is 15.7. The van der Waals surface area contributed by atoms with E-state index in [1.165, 1.54) is 0 Å². The number of hydrogen-bond donors (Lipinski definition) is 1. The van der Waals surface area contributed by atoms with Gasteiger partial charge in [0.05, 0.1) is 18.5 Å². The Balaban J connectivity index is 2.09. The fourth-order valence-electron chi connectivity index (χ4n) is 2.64. The van der Waals surface area contributed by atoms with Gasteiger partial charge in [-0.3, -0.25) is 4.90 Å². The molecule has 1 aromatic heterocycles. The summed E-state index contributed by atoms with van der Waals surface area (Å²) in [4.78, 5) is 2.19. The average Bonchev–Trinajstić information content (AvgIpc) is 2.87. The lowest BCUT2D eigenvalue weighted by Crippen LogP contribution is -2.43. The van der Waals surface area contributed by atoms with Crippen LogP contribution in [-0.2, 0) is 6.54 Å². The summed E-state index contributed by atoms with van der Waals surface area (Å²) in [5.74, 6) is 0. The Bertz CT molecular complexity index is 557. The lowest BCUT2D eigenvalue weighted by Gasteiger charge is -2.36. The van der Waals surface area contributed by atoms with E-state index < -0.39 is 0 Å². The summed E-state index contributed by atoms with van der Waals surface area (Å²) in [6.07, 6.45) is 3.93. The maximum Gasteiger partial charge on any atom is 0.0645 e. The van der Waals surface area contributed by atoms with Crippen molar-refractivity contribution in [3.05, 3.63) is 48.3 Å². The Morgan fingerprint density at radius 2 is 1.90 bits per heavy atom. The highest BCUT2D eigenvalue weighted by Gasteiger charge is 2.27. The standard InChI is InChI=1S/C17H25N3O/c1-17(2,3)16(13-21)19(4)11-14-10-18-20(12-14)15-8-6-5-7-9-15/h5-10,12,16,21H,11,13H2,1-4H3. The molecule has 4 heteroatoms. The van der Waals surface area contributed by atoms with Gasteiger partial charge < -0.3 is 5.11 Å². The highest BCUT2D eigenvalue weighted by molar-refractivity contribution is 5.30. The molecule has 0 saturated carbocycles. The van der Waals surface area contributed by atoms with Gasteiger partial charge >= 0.3 is 0 Å². The van der Waals surface area contributed by atoms with Crippen LogP contribution >= 0.6 is 0 Å². The lowest BCUT2D eigenvalue weighted by atomic mass is 9.86. The Hall–Kier alpha value is -1.65. The molecule has 0 aliphatic rings. The molecule has 0 saturated heterocycles. The van der Waals surface area contributed by atoms with Crippen molar-refractivity contribution in [3.63, 3.8) is 0 Å². The van der Waals surface area contributed by atoms with Crippen molar-refractivity contribution in [1.29, 1.82) is 0 Å². The topological polar surface area (TPSA) is 41.3 Å². The Morgan fingerprint density at radius 3 is 2.48 bits per heavy atom. The molecule has 1 heterocycles. The van der Waals surface area contributed by atoms with Gasteiger partial charge in [0, 0.05) is 24.3 Å². The molecule has 1 N–H and O–H groups in total. The summed E-state index contributed by atoms with van der Waals surface area (Å²) in [6, 6.07) is 10.2. The smallest absolute Gasteiger partial charge is 0.0645 e. The molecule has 1 aromatic carbocycles. The third-order valence-corrected chi connectivity index (χ3v) is 3.79. The molecular weight excluding hydrogens is 262 g/mol. The van der Waals surface area contributed by atoms with Crippen molar-refractivity contribution < 1.29 is 5.11 Å². The van der Waals surface area contributed by atoms with Gasteiger partial charge in [-0.1, -0.05) is 39.0 Å². The quantitative estimate of drug-likeness (QED) is 0.919. The van der Waals surface area contributed by atoms with E-state index in [0.717, 1.165) is 17.8 Å². The molecule has 114 valence electrons. The minimum atomic E-state index is 0.0406. The van der Waals surface area contributed by atoms with Gasteiger partial charge in [-0.15, -0.1) is 0 Å². The van der Waals surface area contributed by atoms with Gasteiger partial charge in [0.15, 0.2) is 0 Å². The first-order valence-corrected chi connectivity index (χ1v) is 7.32. The maximum absolute atomic E-state index is 9.63. The molecule has 1 atom stereocenters. The first-order valence-electron chi connectivity index (χ1n) is 7.32. The highest BCUT2D eigenvalue weighted by Crippen LogP contribution is 2.24. The number of aliphatic hydroxyl groups is 1. The third kappa shape index (κ3) is 3.93. The third-order valence-electron chi connectivity index (χ3n) is 3.79. The van der Waals surface area contributed by atoms with Crippen LogP contribution in [0.1, 0.15) is 26.3 Å². The van der Waals surface area contributed by atoms with Gasteiger partial charge in [-0.25, -0.2) is 4.68 Å². The van der Waals surface area contributed by atoms with Crippen molar-refractivity contribution in [2.24, 2.45) is 5.41 Å². The summed E-state index contributed by atoms with van der Waals surface area (Å²) in [6.45, 7) is 7.38. The average molecular weight is 287 g/mol. The lowest BCUT2D eigenvalue weighted by molar-refractivity contribution is 0.0614. The molecule has 1 unspecified atom stereocenters. The van der Waals surface area contributed by atoms with Crippen molar-refractivity contribution in [3.8, 4) is 5.69 Å². The second-order valence-electron chi connectivity index (χ2n) is 6.61. The van der Waals surface area contributed by atoms with Gasteiger partial charge in [0.25, 0.3) is 0 Å². The summed E-state index contributed by atoms with van der Waals surface area (Å²) in [5.41, 5.74) is 2.24. The van der Waals surface area contributed by atoms with Gasteiger partial charge in [0.2, 0.25) is 0 Å². The molecule has 2 aromatic rings. The van der Waals surface area contributed by atoms with E-state index in [2.05, 4.69) is 30.8 Å². The number of aliphatic hydroxyl groups excluding tert-OH is 1. The SMILES string of the molecule is CN(Cc1cnn(-c2ccccc2)c1)C(CO)C(C)(C)C. The van der Waals surface area contributed by atoms with Crippen LogP contribution in [0.25, 0.3) is 5.69 Å². The zero-order chi connectivity index (χ0) is 15.5. The van der Waals surface area contributed by atoms with Crippen LogP contribution in [0, 0.1) is 5.41 Å². The maximum atomic E-state index is 9.63. The second kappa shape index (κ2) is 6.41. The van der Waals surface area contributed by atoms with Crippen LogP contribution in [0.2, 0.25) is 0 Å². The zero-order valence-electron chi connectivity index (χ0n) is 13.3. The summed E-state index contributed by atoms with van der Waals surface area (Å²) in [7, 11) is 2.05. The van der Waals surface area contributed by atoms with E-state index in [4.69, 9.17) is 0 Å². The van der Waals surface area contributed by atoms with Crippen molar-refractivity contribution in [1.82, 2.24) is 14.7 Å². The molecule has 0 fully saturated rings. The molecule has 0 aliphatic heterocycles. The van der Waals surface area contributed by atoms with E-state index >= 15 is 0 Å². The second-order valence-corrected chi connectivity index (χ2v) is 6.61. The number of likely N-dealkylation sites (N-methyl/N-ethyl adjacent to an activating group) is 1. The van der Waals surface area contributed by atoms with Crippen molar-refractivity contribution in [2.75, 3.05) is 13.7 Å². The number of rotatable bonds is 5. The van der Waals surface area contributed by atoms with Crippen LogP contribution < -0.4 is 0 Å². The van der Waals surface area contributed by atoms with E-state index in [9.17, 15) is 5.11 Å². The Morgan fingerprint density at radius 1 is 1.24 bits per heavy atom. The van der Waals surface area contributed by atoms with Crippen LogP contribution in [-0.4, -0.2) is 39.5 Å². The molecule has 0 aliphatic carbocycles. The van der Waals surface area contributed by atoms with Crippen LogP contribution in [0.4, 0.5) is 0 Å². The van der Waals surface area contributed by atoms with Gasteiger partial charge in [-0.2, -0.15) is 5.10 Å². The summed E-state index contributed by atoms with van der Waals surface area (Å²) >= 11 is 0. The minimum absolute atomic E-state index is 0.0406. The Kier molecular flexibility index (Phi) is 4.80. The molecule has 0 radical (unpaired) electrons. The number of benzene rings is 1. The molecular formula is C17H25N3O. The fraction of sp³-hybridized carbons (Fsp3) is 0.471. The predicted molar refractivity (Wildman–Crippen MR) is 85.4 cm³/mol. The van der Waals surface area contributed by atoms with Crippen molar-refractivity contribution >= 4 is 0 Å². The molecule has 0 bridgehead atoms. The number of aromatic nitrogens is 2. The number of nitrogens with zero attached hydrogens (tertiary/aromatic N) is 3. The van der Waals surface area contributed by atoms with E-state index in [1.807, 2.05) is 54.5 Å². The van der Waals surface area contributed by atoms with E-state index in [-0.39, 0.29) is 18.1 Å². The molecule has 4 nitrogen and oxygen atoms in total. The number of hydrogen-bond acceptors (Lipinski definition) is 3. The van der Waals surface area contributed by atoms with Crippen molar-refractivity contribution in [2.45, 2.75) is 33.4 Å². The Labute approximate surface area is 127 Å². The zero-order valence-corrected chi connectivity index (χ0v) is 13.3.